The summed E-state index contributed by atoms with van der Waals surface area (Å²) in [5, 5.41) is 1.83. The van der Waals surface area contributed by atoms with Crippen molar-refractivity contribution in [3.8, 4) is 11.4 Å². The van der Waals surface area contributed by atoms with E-state index in [0.29, 0.717) is 0 Å². The Labute approximate surface area is 120 Å². The Hall–Kier alpha value is -2.39. The molecule has 0 saturated carbocycles. The van der Waals surface area contributed by atoms with E-state index in [9.17, 15) is 0 Å². The van der Waals surface area contributed by atoms with E-state index in [1.54, 1.807) is 6.20 Å². The van der Waals surface area contributed by atoms with Crippen molar-refractivity contribution >= 4 is 33.5 Å². The highest BCUT2D eigenvalue weighted by molar-refractivity contribution is 6.30. The third-order valence-electron chi connectivity index (χ3n) is 3.32. The van der Waals surface area contributed by atoms with Gasteiger partial charge in [-0.3, -0.25) is 4.98 Å². The summed E-state index contributed by atoms with van der Waals surface area (Å²) in [4.78, 5) is 12.3. The first kappa shape index (κ1) is 11.4. The van der Waals surface area contributed by atoms with E-state index in [-0.39, 0.29) is 0 Å². The highest BCUT2D eigenvalue weighted by atomic mass is 35.5. The van der Waals surface area contributed by atoms with Crippen LogP contribution in [-0.4, -0.2) is 15.0 Å². The van der Waals surface area contributed by atoms with Gasteiger partial charge in [0.1, 0.15) is 5.82 Å². The van der Waals surface area contributed by atoms with Crippen molar-refractivity contribution in [3.05, 3.63) is 59.8 Å². The van der Waals surface area contributed by atoms with Gasteiger partial charge in [-0.15, -0.1) is 0 Å². The van der Waals surface area contributed by atoms with Gasteiger partial charge in [0, 0.05) is 22.2 Å². The minimum atomic E-state index is 0.722. The highest BCUT2D eigenvalue weighted by Gasteiger charge is 2.06. The van der Waals surface area contributed by atoms with E-state index in [4.69, 9.17) is 11.6 Å². The molecule has 0 fully saturated rings. The number of benzene rings is 2. The Morgan fingerprint density at radius 1 is 0.950 bits per heavy atom. The van der Waals surface area contributed by atoms with Crippen LogP contribution in [-0.2, 0) is 0 Å². The summed E-state index contributed by atoms with van der Waals surface area (Å²) in [7, 11) is 0. The molecule has 2 aromatic carbocycles. The number of hydrogen-bond acceptors (Lipinski definition) is 2. The number of nitrogens with zero attached hydrogens (tertiary/aromatic N) is 2. The Morgan fingerprint density at radius 3 is 2.65 bits per heavy atom. The van der Waals surface area contributed by atoms with Crippen molar-refractivity contribution in [1.82, 2.24) is 15.0 Å². The lowest BCUT2D eigenvalue weighted by molar-refractivity contribution is 1.34. The maximum absolute atomic E-state index is 5.91. The number of halogens is 1. The lowest BCUT2D eigenvalue weighted by Gasteiger charge is -1.95. The van der Waals surface area contributed by atoms with Gasteiger partial charge in [0.15, 0.2) is 0 Å². The van der Waals surface area contributed by atoms with Crippen molar-refractivity contribution in [3.63, 3.8) is 0 Å². The van der Waals surface area contributed by atoms with Crippen LogP contribution in [0.5, 0.6) is 0 Å². The molecule has 0 unspecified atom stereocenters. The number of aromatic nitrogens is 3. The fraction of sp³-hybridized carbons (Fsp3) is 0. The normalized spacial score (nSPS) is 11.2. The molecule has 1 N–H and O–H groups in total. The quantitative estimate of drug-likeness (QED) is 0.560. The third kappa shape index (κ3) is 1.84. The van der Waals surface area contributed by atoms with Crippen molar-refractivity contribution in [2.24, 2.45) is 0 Å². The Kier molecular flexibility index (Phi) is 2.47. The van der Waals surface area contributed by atoms with Crippen LogP contribution >= 0.6 is 11.6 Å². The summed E-state index contributed by atoms with van der Waals surface area (Å²) in [5.74, 6) is 0.840. The largest absolute Gasteiger partial charge is 0.338 e. The fourth-order valence-electron chi connectivity index (χ4n) is 2.32. The fourth-order valence-corrected chi connectivity index (χ4v) is 2.45. The zero-order valence-electron chi connectivity index (χ0n) is 10.5. The van der Waals surface area contributed by atoms with Crippen LogP contribution in [0.3, 0.4) is 0 Å². The molecule has 0 aliphatic heterocycles. The molecular weight excluding hydrogens is 270 g/mol. The lowest BCUT2D eigenvalue weighted by atomic mass is 10.2. The maximum atomic E-state index is 5.91. The number of hydrogen-bond donors (Lipinski definition) is 1. The van der Waals surface area contributed by atoms with Crippen LogP contribution in [0.25, 0.3) is 33.3 Å². The standard InChI is InChI=1S/C16H10ClN3/c17-12-5-3-10(4-6-12)16-19-14-8-11-2-1-7-18-13(11)9-15(14)20-16/h1-9H,(H,19,20). The van der Waals surface area contributed by atoms with Crippen LogP contribution in [0, 0.1) is 0 Å². The summed E-state index contributed by atoms with van der Waals surface area (Å²) < 4.78 is 0. The SMILES string of the molecule is Clc1ccc(-c2nc3cc4ncccc4cc3[nH]2)cc1. The third-order valence-corrected chi connectivity index (χ3v) is 3.58. The van der Waals surface area contributed by atoms with E-state index in [0.717, 1.165) is 38.3 Å². The summed E-state index contributed by atoms with van der Waals surface area (Å²) in [6.45, 7) is 0. The van der Waals surface area contributed by atoms with Crippen molar-refractivity contribution in [1.29, 1.82) is 0 Å². The van der Waals surface area contributed by atoms with Gasteiger partial charge in [0.2, 0.25) is 0 Å². The summed E-state index contributed by atoms with van der Waals surface area (Å²) in [6, 6.07) is 15.7. The molecule has 0 radical (unpaired) electrons. The number of pyridine rings is 1. The average Bonchev–Trinajstić information content (AvgIpc) is 2.88. The molecule has 2 aromatic heterocycles. The van der Waals surface area contributed by atoms with E-state index in [1.807, 2.05) is 42.5 Å². The van der Waals surface area contributed by atoms with Crippen LogP contribution in [0.15, 0.2) is 54.7 Å². The Bertz CT molecular complexity index is 857. The van der Waals surface area contributed by atoms with Crippen LogP contribution < -0.4 is 0 Å². The molecule has 0 amide bonds. The number of fused-ring (bicyclic) bond motifs is 2. The predicted octanol–water partition coefficient (Wildman–Crippen LogP) is 4.43. The van der Waals surface area contributed by atoms with Crippen molar-refractivity contribution in [2.75, 3.05) is 0 Å². The minimum absolute atomic E-state index is 0.722. The molecule has 0 aliphatic carbocycles. The smallest absolute Gasteiger partial charge is 0.138 e. The number of aromatic amines is 1. The number of imidazole rings is 1. The van der Waals surface area contributed by atoms with Gasteiger partial charge >= 0.3 is 0 Å². The first-order valence-electron chi connectivity index (χ1n) is 6.30. The van der Waals surface area contributed by atoms with E-state index < -0.39 is 0 Å². The molecule has 0 aliphatic rings. The average molecular weight is 280 g/mol. The van der Waals surface area contributed by atoms with Gasteiger partial charge < -0.3 is 4.98 Å². The van der Waals surface area contributed by atoms with E-state index in [2.05, 4.69) is 21.0 Å². The number of nitrogens with one attached hydrogen (secondary N) is 1. The first-order valence-corrected chi connectivity index (χ1v) is 6.68. The molecule has 96 valence electrons. The van der Waals surface area contributed by atoms with E-state index in [1.165, 1.54) is 0 Å². The van der Waals surface area contributed by atoms with Crippen molar-refractivity contribution in [2.45, 2.75) is 0 Å². The zero-order chi connectivity index (χ0) is 13.5. The summed E-state index contributed by atoms with van der Waals surface area (Å²) in [6.07, 6.45) is 1.79. The number of rotatable bonds is 1. The zero-order valence-corrected chi connectivity index (χ0v) is 11.2. The first-order chi connectivity index (χ1) is 9.79. The second-order valence-corrected chi connectivity index (χ2v) is 5.09. The van der Waals surface area contributed by atoms with Crippen molar-refractivity contribution < 1.29 is 0 Å². The second-order valence-electron chi connectivity index (χ2n) is 4.66. The molecular formula is C16H10ClN3. The molecule has 0 atom stereocenters. The van der Waals surface area contributed by atoms with Gasteiger partial charge in [0.05, 0.1) is 16.6 Å². The molecule has 2 heterocycles. The Morgan fingerprint density at radius 2 is 1.80 bits per heavy atom. The predicted molar refractivity (Wildman–Crippen MR) is 81.8 cm³/mol. The molecule has 0 bridgehead atoms. The molecule has 20 heavy (non-hydrogen) atoms. The molecule has 4 aromatic rings. The van der Waals surface area contributed by atoms with Gasteiger partial charge in [-0.1, -0.05) is 17.7 Å². The van der Waals surface area contributed by atoms with Gasteiger partial charge in [-0.25, -0.2) is 4.98 Å². The maximum Gasteiger partial charge on any atom is 0.138 e. The highest BCUT2D eigenvalue weighted by Crippen LogP contribution is 2.24. The van der Waals surface area contributed by atoms with Gasteiger partial charge in [0.25, 0.3) is 0 Å². The van der Waals surface area contributed by atoms with Crippen LogP contribution in [0.1, 0.15) is 0 Å². The minimum Gasteiger partial charge on any atom is -0.338 e. The van der Waals surface area contributed by atoms with Gasteiger partial charge in [-0.2, -0.15) is 0 Å². The van der Waals surface area contributed by atoms with Gasteiger partial charge in [-0.05, 0) is 42.5 Å². The second kappa shape index (κ2) is 4.32. The number of H-pyrrole nitrogens is 1. The van der Waals surface area contributed by atoms with Crippen LogP contribution in [0.4, 0.5) is 0 Å². The molecule has 4 heteroatoms. The summed E-state index contributed by atoms with van der Waals surface area (Å²) in [5.41, 5.74) is 3.90. The lowest BCUT2D eigenvalue weighted by Crippen LogP contribution is -1.78. The molecule has 4 rings (SSSR count). The molecule has 0 spiro atoms. The molecule has 3 nitrogen and oxygen atoms in total. The van der Waals surface area contributed by atoms with E-state index >= 15 is 0 Å². The van der Waals surface area contributed by atoms with Crippen LogP contribution in [0.2, 0.25) is 5.02 Å². The topological polar surface area (TPSA) is 41.6 Å². The Balaban J connectivity index is 1.93. The molecule has 0 saturated heterocycles. The monoisotopic (exact) mass is 279 g/mol. The summed E-state index contributed by atoms with van der Waals surface area (Å²) >= 11 is 5.91.